The van der Waals surface area contributed by atoms with Gasteiger partial charge in [-0.05, 0) is 19.4 Å². The molecular formula is C16H24N4O. The number of furan rings is 1. The van der Waals surface area contributed by atoms with E-state index in [-0.39, 0.29) is 0 Å². The Morgan fingerprint density at radius 2 is 2.10 bits per heavy atom. The molecule has 0 saturated heterocycles. The SMILES string of the molecule is CCCNc1nc(CC)nc(N(C)Cc2ccoc2)c1C. The molecule has 0 amide bonds. The van der Waals surface area contributed by atoms with E-state index in [2.05, 4.69) is 41.0 Å². The molecule has 0 fully saturated rings. The van der Waals surface area contributed by atoms with Gasteiger partial charge in [0, 0.05) is 37.7 Å². The number of aromatic nitrogens is 2. The van der Waals surface area contributed by atoms with Crippen molar-refractivity contribution in [3.8, 4) is 0 Å². The summed E-state index contributed by atoms with van der Waals surface area (Å²) in [5.41, 5.74) is 2.23. The first kappa shape index (κ1) is 15.4. The monoisotopic (exact) mass is 288 g/mol. The molecule has 2 rings (SSSR count). The van der Waals surface area contributed by atoms with Crippen LogP contribution >= 0.6 is 0 Å². The van der Waals surface area contributed by atoms with Crippen molar-refractivity contribution in [1.29, 1.82) is 0 Å². The van der Waals surface area contributed by atoms with Crippen molar-refractivity contribution in [2.75, 3.05) is 23.8 Å². The van der Waals surface area contributed by atoms with Crippen LogP contribution in [-0.2, 0) is 13.0 Å². The maximum absolute atomic E-state index is 5.13. The minimum Gasteiger partial charge on any atom is -0.472 e. The third-order valence-corrected chi connectivity index (χ3v) is 3.39. The lowest BCUT2D eigenvalue weighted by molar-refractivity contribution is 0.563. The van der Waals surface area contributed by atoms with Gasteiger partial charge in [-0.1, -0.05) is 13.8 Å². The van der Waals surface area contributed by atoms with E-state index in [9.17, 15) is 0 Å². The molecule has 5 heteroatoms. The largest absolute Gasteiger partial charge is 0.472 e. The number of hydrogen-bond donors (Lipinski definition) is 1. The van der Waals surface area contributed by atoms with Crippen molar-refractivity contribution in [1.82, 2.24) is 9.97 Å². The van der Waals surface area contributed by atoms with Gasteiger partial charge in [-0.3, -0.25) is 0 Å². The van der Waals surface area contributed by atoms with Crippen molar-refractivity contribution in [3.63, 3.8) is 0 Å². The molecule has 0 aliphatic rings. The van der Waals surface area contributed by atoms with Crippen LogP contribution in [0.1, 0.15) is 37.2 Å². The molecule has 0 radical (unpaired) electrons. The van der Waals surface area contributed by atoms with E-state index >= 15 is 0 Å². The first-order valence-electron chi connectivity index (χ1n) is 7.49. The highest BCUT2D eigenvalue weighted by atomic mass is 16.3. The molecule has 0 aliphatic carbocycles. The maximum Gasteiger partial charge on any atom is 0.137 e. The highest BCUT2D eigenvalue weighted by Crippen LogP contribution is 2.24. The Hall–Kier alpha value is -2.04. The zero-order valence-corrected chi connectivity index (χ0v) is 13.3. The van der Waals surface area contributed by atoms with E-state index < -0.39 is 0 Å². The molecule has 5 nitrogen and oxygen atoms in total. The van der Waals surface area contributed by atoms with Gasteiger partial charge in [-0.2, -0.15) is 0 Å². The second-order valence-electron chi connectivity index (χ2n) is 5.21. The van der Waals surface area contributed by atoms with E-state index in [4.69, 9.17) is 4.42 Å². The summed E-state index contributed by atoms with van der Waals surface area (Å²) < 4.78 is 5.13. The summed E-state index contributed by atoms with van der Waals surface area (Å²) in [6.45, 7) is 7.99. The van der Waals surface area contributed by atoms with Gasteiger partial charge in [0.25, 0.3) is 0 Å². The fourth-order valence-corrected chi connectivity index (χ4v) is 2.23. The molecule has 0 bridgehead atoms. The second-order valence-corrected chi connectivity index (χ2v) is 5.21. The zero-order chi connectivity index (χ0) is 15.2. The Kier molecular flexibility index (Phi) is 5.20. The van der Waals surface area contributed by atoms with Crippen molar-refractivity contribution in [2.45, 2.75) is 40.2 Å². The quantitative estimate of drug-likeness (QED) is 0.846. The summed E-state index contributed by atoms with van der Waals surface area (Å²) in [6.07, 6.45) is 5.37. The van der Waals surface area contributed by atoms with Crippen LogP contribution in [0.4, 0.5) is 11.6 Å². The lowest BCUT2D eigenvalue weighted by Crippen LogP contribution is -2.21. The topological polar surface area (TPSA) is 54.2 Å². The van der Waals surface area contributed by atoms with Gasteiger partial charge in [0.1, 0.15) is 17.5 Å². The number of hydrogen-bond acceptors (Lipinski definition) is 5. The summed E-state index contributed by atoms with van der Waals surface area (Å²) >= 11 is 0. The number of nitrogens with one attached hydrogen (secondary N) is 1. The average Bonchev–Trinajstić information content (AvgIpc) is 2.99. The van der Waals surface area contributed by atoms with Gasteiger partial charge in [0.05, 0.1) is 12.5 Å². The Morgan fingerprint density at radius 3 is 2.71 bits per heavy atom. The van der Waals surface area contributed by atoms with Crippen LogP contribution in [0.5, 0.6) is 0 Å². The minimum atomic E-state index is 0.769. The van der Waals surface area contributed by atoms with Crippen molar-refractivity contribution >= 4 is 11.6 Å². The summed E-state index contributed by atoms with van der Waals surface area (Å²) in [5.74, 6) is 2.78. The Morgan fingerprint density at radius 1 is 1.29 bits per heavy atom. The molecule has 0 aliphatic heterocycles. The molecule has 2 aromatic heterocycles. The first-order chi connectivity index (χ1) is 10.2. The Bertz CT molecular complexity index is 566. The third kappa shape index (κ3) is 3.74. The number of nitrogens with zero attached hydrogens (tertiary/aromatic N) is 3. The maximum atomic E-state index is 5.13. The van der Waals surface area contributed by atoms with Crippen LogP contribution in [0, 0.1) is 6.92 Å². The van der Waals surface area contributed by atoms with Crippen LogP contribution < -0.4 is 10.2 Å². The fraction of sp³-hybridized carbons (Fsp3) is 0.500. The summed E-state index contributed by atoms with van der Waals surface area (Å²) in [4.78, 5) is 11.4. The molecule has 1 N–H and O–H groups in total. The first-order valence-corrected chi connectivity index (χ1v) is 7.49. The Labute approximate surface area is 126 Å². The fourth-order valence-electron chi connectivity index (χ4n) is 2.23. The molecule has 0 unspecified atom stereocenters. The molecule has 114 valence electrons. The summed E-state index contributed by atoms with van der Waals surface area (Å²) in [7, 11) is 2.05. The Balaban J connectivity index is 2.27. The molecule has 0 saturated carbocycles. The highest BCUT2D eigenvalue weighted by Gasteiger charge is 2.14. The van der Waals surface area contributed by atoms with Gasteiger partial charge in [0.15, 0.2) is 0 Å². The van der Waals surface area contributed by atoms with E-state index in [1.54, 1.807) is 12.5 Å². The molecule has 2 heterocycles. The molecule has 0 spiro atoms. The van der Waals surface area contributed by atoms with Crippen LogP contribution in [0.3, 0.4) is 0 Å². The third-order valence-electron chi connectivity index (χ3n) is 3.39. The average molecular weight is 288 g/mol. The van der Waals surface area contributed by atoms with E-state index in [0.29, 0.717) is 0 Å². The van der Waals surface area contributed by atoms with Crippen LogP contribution in [-0.4, -0.2) is 23.6 Å². The lowest BCUT2D eigenvalue weighted by Gasteiger charge is -2.22. The van der Waals surface area contributed by atoms with Crippen LogP contribution in [0.25, 0.3) is 0 Å². The number of rotatable bonds is 7. The van der Waals surface area contributed by atoms with Gasteiger partial charge in [-0.15, -0.1) is 0 Å². The molecule has 0 aromatic carbocycles. The van der Waals surface area contributed by atoms with E-state index in [1.165, 1.54) is 0 Å². The van der Waals surface area contributed by atoms with Gasteiger partial charge < -0.3 is 14.6 Å². The van der Waals surface area contributed by atoms with Crippen molar-refractivity contribution in [3.05, 3.63) is 35.5 Å². The number of anilines is 2. The lowest BCUT2D eigenvalue weighted by atomic mass is 10.2. The zero-order valence-electron chi connectivity index (χ0n) is 13.3. The summed E-state index contributed by atoms with van der Waals surface area (Å²) in [6, 6.07) is 1.98. The molecule has 0 atom stereocenters. The van der Waals surface area contributed by atoms with E-state index in [0.717, 1.165) is 54.5 Å². The second kappa shape index (κ2) is 7.11. The smallest absolute Gasteiger partial charge is 0.137 e. The van der Waals surface area contributed by atoms with Crippen molar-refractivity contribution < 1.29 is 4.42 Å². The van der Waals surface area contributed by atoms with Crippen molar-refractivity contribution in [2.24, 2.45) is 0 Å². The predicted octanol–water partition coefficient (Wildman–Crippen LogP) is 3.40. The predicted molar refractivity (Wildman–Crippen MR) is 85.7 cm³/mol. The number of aryl methyl sites for hydroxylation is 1. The van der Waals surface area contributed by atoms with Crippen LogP contribution in [0.2, 0.25) is 0 Å². The van der Waals surface area contributed by atoms with Gasteiger partial charge >= 0.3 is 0 Å². The molecule has 21 heavy (non-hydrogen) atoms. The molecular weight excluding hydrogens is 264 g/mol. The van der Waals surface area contributed by atoms with Crippen LogP contribution in [0.15, 0.2) is 23.0 Å². The standard InChI is InChI=1S/C16H24N4O/c1-5-8-17-15-12(3)16(19-14(6-2)18-15)20(4)10-13-7-9-21-11-13/h7,9,11H,5-6,8,10H2,1-4H3,(H,17,18,19). The van der Waals surface area contributed by atoms with E-state index in [1.807, 2.05) is 13.1 Å². The van der Waals surface area contributed by atoms with Gasteiger partial charge in [-0.25, -0.2) is 9.97 Å². The minimum absolute atomic E-state index is 0.769. The molecule has 2 aromatic rings. The summed E-state index contributed by atoms with van der Waals surface area (Å²) in [5, 5.41) is 3.40. The normalized spacial score (nSPS) is 10.7. The highest BCUT2D eigenvalue weighted by molar-refractivity contribution is 5.58. The van der Waals surface area contributed by atoms with Gasteiger partial charge in [0.2, 0.25) is 0 Å².